The zero-order chi connectivity index (χ0) is 12.7. The van der Waals surface area contributed by atoms with Gasteiger partial charge in [-0.3, -0.25) is 0 Å². The van der Waals surface area contributed by atoms with Crippen LogP contribution in [0, 0.1) is 0 Å². The van der Waals surface area contributed by atoms with Crippen molar-refractivity contribution in [3.8, 4) is 5.75 Å². The highest BCUT2D eigenvalue weighted by atomic mass is 16.6. The number of hydrogen-bond donors (Lipinski definition) is 1. The molecule has 1 atom stereocenters. The molecule has 0 saturated carbocycles. The Kier molecular flexibility index (Phi) is 5.49. The average molecular weight is 238 g/mol. The van der Waals surface area contributed by atoms with Crippen molar-refractivity contribution in [3.63, 3.8) is 0 Å². The van der Waals surface area contributed by atoms with Gasteiger partial charge in [-0.15, -0.1) is 0 Å². The molecule has 0 bridgehead atoms. The lowest BCUT2D eigenvalue weighted by atomic mass is 10.2. The van der Waals surface area contributed by atoms with E-state index in [2.05, 4.69) is 0 Å². The molecule has 0 radical (unpaired) electrons. The third-order valence-electron chi connectivity index (χ3n) is 2.11. The third kappa shape index (κ3) is 4.87. The second kappa shape index (κ2) is 6.91. The Balaban J connectivity index is 2.40. The largest absolute Gasteiger partial charge is 0.508 e. The molecule has 0 spiro atoms. The molecule has 17 heavy (non-hydrogen) atoms. The van der Waals surface area contributed by atoms with Crippen LogP contribution in [0.15, 0.2) is 24.3 Å². The fourth-order valence-electron chi connectivity index (χ4n) is 1.28. The standard InChI is InChI=1S/C13H18O4/c1-3-8-16-9-10(2)17-13(15)11-4-6-12(14)7-5-11/h4-7,10,14H,3,8-9H2,1-2H3. The zero-order valence-corrected chi connectivity index (χ0v) is 10.2. The van der Waals surface area contributed by atoms with Crippen LogP contribution in [0.2, 0.25) is 0 Å². The van der Waals surface area contributed by atoms with Crippen molar-refractivity contribution >= 4 is 5.97 Å². The van der Waals surface area contributed by atoms with Gasteiger partial charge in [-0.1, -0.05) is 6.92 Å². The summed E-state index contributed by atoms with van der Waals surface area (Å²) in [4.78, 5) is 11.6. The van der Waals surface area contributed by atoms with Crippen molar-refractivity contribution in [3.05, 3.63) is 29.8 Å². The summed E-state index contributed by atoms with van der Waals surface area (Å²) in [6.07, 6.45) is 0.668. The molecule has 94 valence electrons. The molecule has 0 aliphatic carbocycles. The first-order chi connectivity index (χ1) is 8.13. The SMILES string of the molecule is CCCOCC(C)OC(=O)c1ccc(O)cc1. The number of aromatic hydroxyl groups is 1. The van der Waals surface area contributed by atoms with Gasteiger partial charge in [-0.05, 0) is 37.6 Å². The van der Waals surface area contributed by atoms with Crippen molar-refractivity contribution in [1.82, 2.24) is 0 Å². The maximum absolute atomic E-state index is 11.6. The Bertz CT molecular complexity index is 345. The van der Waals surface area contributed by atoms with E-state index in [0.29, 0.717) is 18.8 Å². The number of phenolic OH excluding ortho intramolecular Hbond substituents is 1. The van der Waals surface area contributed by atoms with Gasteiger partial charge in [-0.25, -0.2) is 4.79 Å². The van der Waals surface area contributed by atoms with E-state index in [-0.39, 0.29) is 11.9 Å². The molecule has 1 aromatic rings. The molecule has 1 N–H and O–H groups in total. The van der Waals surface area contributed by atoms with Gasteiger partial charge < -0.3 is 14.6 Å². The lowest BCUT2D eigenvalue weighted by molar-refractivity contribution is 0.00226. The Hall–Kier alpha value is -1.55. The highest BCUT2D eigenvalue weighted by Gasteiger charge is 2.11. The molecule has 1 rings (SSSR count). The van der Waals surface area contributed by atoms with E-state index >= 15 is 0 Å². The number of benzene rings is 1. The van der Waals surface area contributed by atoms with Crippen LogP contribution in [0.1, 0.15) is 30.6 Å². The molecule has 1 aromatic carbocycles. The average Bonchev–Trinajstić information content (AvgIpc) is 2.30. The van der Waals surface area contributed by atoms with Crippen LogP contribution >= 0.6 is 0 Å². The van der Waals surface area contributed by atoms with E-state index in [4.69, 9.17) is 14.6 Å². The van der Waals surface area contributed by atoms with E-state index in [1.165, 1.54) is 24.3 Å². The lowest BCUT2D eigenvalue weighted by Crippen LogP contribution is -2.20. The summed E-state index contributed by atoms with van der Waals surface area (Å²) < 4.78 is 10.5. The first-order valence-corrected chi connectivity index (χ1v) is 5.71. The smallest absolute Gasteiger partial charge is 0.338 e. The number of rotatable bonds is 6. The van der Waals surface area contributed by atoms with Gasteiger partial charge in [0.05, 0.1) is 12.2 Å². The summed E-state index contributed by atoms with van der Waals surface area (Å²) >= 11 is 0. The number of ether oxygens (including phenoxy) is 2. The number of carbonyl (C=O) groups is 1. The second-order valence-corrected chi connectivity index (χ2v) is 3.84. The van der Waals surface area contributed by atoms with E-state index < -0.39 is 5.97 Å². The summed E-state index contributed by atoms with van der Waals surface area (Å²) in [6, 6.07) is 5.96. The quantitative estimate of drug-likeness (QED) is 0.610. The normalized spacial score (nSPS) is 12.1. The molecule has 4 nitrogen and oxygen atoms in total. The maximum atomic E-state index is 11.6. The maximum Gasteiger partial charge on any atom is 0.338 e. The van der Waals surface area contributed by atoms with Crippen LogP contribution in [0.3, 0.4) is 0 Å². The minimum absolute atomic E-state index is 0.126. The van der Waals surface area contributed by atoms with Crippen molar-refractivity contribution < 1.29 is 19.4 Å². The van der Waals surface area contributed by atoms with Crippen molar-refractivity contribution in [1.29, 1.82) is 0 Å². The Morgan fingerprint density at radius 3 is 2.59 bits per heavy atom. The summed E-state index contributed by atoms with van der Waals surface area (Å²) in [6.45, 7) is 4.87. The Labute approximate surface area is 101 Å². The first-order valence-electron chi connectivity index (χ1n) is 5.71. The molecule has 0 heterocycles. The van der Waals surface area contributed by atoms with E-state index in [1.54, 1.807) is 6.92 Å². The van der Waals surface area contributed by atoms with Crippen LogP contribution in [0.5, 0.6) is 5.75 Å². The number of carbonyl (C=O) groups excluding carboxylic acids is 1. The van der Waals surface area contributed by atoms with Gasteiger partial charge in [0, 0.05) is 6.61 Å². The number of phenols is 1. The van der Waals surface area contributed by atoms with Gasteiger partial charge in [0.1, 0.15) is 11.9 Å². The van der Waals surface area contributed by atoms with Crippen molar-refractivity contribution in [2.45, 2.75) is 26.4 Å². The van der Waals surface area contributed by atoms with Crippen molar-refractivity contribution in [2.24, 2.45) is 0 Å². The molecular formula is C13H18O4. The fraction of sp³-hybridized carbons (Fsp3) is 0.462. The number of esters is 1. The summed E-state index contributed by atoms with van der Waals surface area (Å²) in [5.41, 5.74) is 0.421. The molecule has 0 aliphatic rings. The van der Waals surface area contributed by atoms with Gasteiger partial charge in [0.25, 0.3) is 0 Å². The molecular weight excluding hydrogens is 220 g/mol. The molecule has 0 aliphatic heterocycles. The molecule has 4 heteroatoms. The van der Waals surface area contributed by atoms with Crippen LogP contribution in [-0.4, -0.2) is 30.4 Å². The van der Waals surface area contributed by atoms with E-state index in [1.807, 2.05) is 6.92 Å². The second-order valence-electron chi connectivity index (χ2n) is 3.84. The molecule has 0 aromatic heterocycles. The van der Waals surface area contributed by atoms with E-state index in [9.17, 15) is 4.79 Å². The Morgan fingerprint density at radius 1 is 1.35 bits per heavy atom. The Morgan fingerprint density at radius 2 is 2.00 bits per heavy atom. The first kappa shape index (κ1) is 13.5. The minimum Gasteiger partial charge on any atom is -0.508 e. The van der Waals surface area contributed by atoms with Gasteiger partial charge >= 0.3 is 5.97 Å². The molecule has 0 saturated heterocycles. The zero-order valence-electron chi connectivity index (χ0n) is 10.2. The highest BCUT2D eigenvalue weighted by Crippen LogP contribution is 2.11. The highest BCUT2D eigenvalue weighted by molar-refractivity contribution is 5.89. The lowest BCUT2D eigenvalue weighted by Gasteiger charge is -2.13. The summed E-state index contributed by atoms with van der Waals surface area (Å²) in [5.74, 6) is -0.279. The summed E-state index contributed by atoms with van der Waals surface area (Å²) in [7, 11) is 0. The molecule has 1 unspecified atom stereocenters. The van der Waals surface area contributed by atoms with Crippen LogP contribution in [-0.2, 0) is 9.47 Å². The minimum atomic E-state index is -0.405. The third-order valence-corrected chi connectivity index (χ3v) is 2.11. The number of hydrogen-bond acceptors (Lipinski definition) is 4. The van der Waals surface area contributed by atoms with Crippen LogP contribution in [0.4, 0.5) is 0 Å². The fourth-order valence-corrected chi connectivity index (χ4v) is 1.28. The van der Waals surface area contributed by atoms with Gasteiger partial charge in [-0.2, -0.15) is 0 Å². The molecule has 0 fully saturated rings. The van der Waals surface area contributed by atoms with Crippen molar-refractivity contribution in [2.75, 3.05) is 13.2 Å². The predicted molar refractivity (Wildman–Crippen MR) is 64.1 cm³/mol. The predicted octanol–water partition coefficient (Wildman–Crippen LogP) is 2.36. The topological polar surface area (TPSA) is 55.8 Å². The monoisotopic (exact) mass is 238 g/mol. The van der Waals surface area contributed by atoms with Crippen LogP contribution in [0.25, 0.3) is 0 Å². The summed E-state index contributed by atoms with van der Waals surface area (Å²) in [5, 5.41) is 9.09. The van der Waals surface area contributed by atoms with Gasteiger partial charge in [0.2, 0.25) is 0 Å². The van der Waals surface area contributed by atoms with E-state index in [0.717, 1.165) is 6.42 Å². The van der Waals surface area contributed by atoms with Crippen LogP contribution < -0.4 is 0 Å². The molecule has 0 amide bonds. The van der Waals surface area contributed by atoms with Gasteiger partial charge in [0.15, 0.2) is 0 Å².